The molecule has 2 heterocycles. The van der Waals surface area contributed by atoms with Gasteiger partial charge in [-0.25, -0.2) is 4.98 Å². The Balaban J connectivity index is 1.58. The second-order valence-corrected chi connectivity index (χ2v) is 4.41. The lowest BCUT2D eigenvalue weighted by molar-refractivity contribution is 0.246. The molecule has 0 spiro atoms. The summed E-state index contributed by atoms with van der Waals surface area (Å²) in [6.45, 7) is 0.742. The minimum atomic E-state index is 0.168. The zero-order valence-electron chi connectivity index (χ0n) is 9.97. The van der Waals surface area contributed by atoms with Gasteiger partial charge in [-0.2, -0.15) is 0 Å². The fraction of sp³-hybridized carbons (Fsp3) is 0.214. The third-order valence-corrected chi connectivity index (χ3v) is 3.01. The molecule has 0 saturated carbocycles. The van der Waals surface area contributed by atoms with Crippen molar-refractivity contribution < 1.29 is 4.74 Å². The second kappa shape index (κ2) is 4.56. The molecule has 0 fully saturated rings. The van der Waals surface area contributed by atoms with E-state index in [2.05, 4.69) is 16.4 Å². The number of nitrogen functional groups attached to an aromatic ring is 1. The molecule has 92 valence electrons. The fourth-order valence-electron chi connectivity index (χ4n) is 2.10. The van der Waals surface area contributed by atoms with E-state index in [0.29, 0.717) is 5.69 Å². The van der Waals surface area contributed by atoms with Crippen LogP contribution in [0.3, 0.4) is 0 Å². The van der Waals surface area contributed by atoms with Crippen molar-refractivity contribution in [3.8, 4) is 5.75 Å². The second-order valence-electron chi connectivity index (χ2n) is 4.41. The van der Waals surface area contributed by atoms with E-state index in [1.165, 1.54) is 5.56 Å². The van der Waals surface area contributed by atoms with Crippen LogP contribution in [-0.4, -0.2) is 17.6 Å². The number of hydrogen-bond acceptors (Lipinski definition) is 4. The van der Waals surface area contributed by atoms with Crippen molar-refractivity contribution in [3.05, 3.63) is 48.2 Å². The first-order valence-corrected chi connectivity index (χ1v) is 6.01. The maximum Gasteiger partial charge on any atom is 0.126 e. The van der Waals surface area contributed by atoms with Crippen LogP contribution in [0.25, 0.3) is 0 Å². The summed E-state index contributed by atoms with van der Waals surface area (Å²) in [6.07, 6.45) is 2.76. The Labute approximate surface area is 106 Å². The molecule has 0 bridgehead atoms. The average molecular weight is 241 g/mol. The molecule has 1 unspecified atom stereocenters. The highest BCUT2D eigenvalue weighted by molar-refractivity contribution is 5.44. The number of hydrogen-bond donors (Lipinski definition) is 2. The predicted octanol–water partition coefficient (Wildman–Crippen LogP) is 2.08. The number of nitrogens with two attached hydrogens (primary N) is 1. The molecule has 1 aromatic carbocycles. The van der Waals surface area contributed by atoms with Gasteiger partial charge in [-0.15, -0.1) is 0 Å². The molecule has 3 rings (SSSR count). The maximum absolute atomic E-state index is 5.84. The van der Waals surface area contributed by atoms with Gasteiger partial charge in [-0.1, -0.05) is 18.2 Å². The average Bonchev–Trinajstić information content (AvgIpc) is 2.81. The van der Waals surface area contributed by atoms with E-state index >= 15 is 0 Å². The SMILES string of the molecule is Nc1ccc(NCC2Cc3ccccc3O2)nc1. The Morgan fingerprint density at radius 1 is 1.28 bits per heavy atom. The number of para-hydroxylation sites is 1. The third-order valence-electron chi connectivity index (χ3n) is 3.01. The van der Waals surface area contributed by atoms with Gasteiger partial charge in [0.25, 0.3) is 0 Å². The minimum Gasteiger partial charge on any atom is -0.488 e. The monoisotopic (exact) mass is 241 g/mol. The number of aromatic nitrogens is 1. The van der Waals surface area contributed by atoms with E-state index < -0.39 is 0 Å². The lowest BCUT2D eigenvalue weighted by Gasteiger charge is -2.12. The highest BCUT2D eigenvalue weighted by atomic mass is 16.5. The van der Waals surface area contributed by atoms with Gasteiger partial charge in [-0.3, -0.25) is 0 Å². The number of pyridine rings is 1. The van der Waals surface area contributed by atoms with Crippen LogP contribution < -0.4 is 15.8 Å². The summed E-state index contributed by atoms with van der Waals surface area (Å²) in [5, 5.41) is 3.26. The van der Waals surface area contributed by atoms with Gasteiger partial charge in [0.2, 0.25) is 0 Å². The molecule has 0 amide bonds. The molecule has 4 nitrogen and oxygen atoms in total. The summed E-state index contributed by atoms with van der Waals surface area (Å²) >= 11 is 0. The molecule has 1 atom stereocenters. The number of nitrogens with one attached hydrogen (secondary N) is 1. The molecule has 0 saturated heterocycles. The Bertz CT molecular complexity index is 514. The van der Waals surface area contributed by atoms with Crippen LogP contribution in [0.2, 0.25) is 0 Å². The normalized spacial score (nSPS) is 17.0. The molecular formula is C14H15N3O. The van der Waals surface area contributed by atoms with Gasteiger partial charge in [-0.05, 0) is 23.8 Å². The summed E-state index contributed by atoms with van der Waals surface area (Å²) < 4.78 is 5.84. The molecule has 1 aliphatic heterocycles. The standard InChI is InChI=1S/C14H15N3O/c15-11-5-6-14(16-8-11)17-9-12-7-10-3-1-2-4-13(10)18-12/h1-6,8,12H,7,9,15H2,(H,16,17). The highest BCUT2D eigenvalue weighted by Gasteiger charge is 2.21. The Hall–Kier alpha value is -2.23. The number of benzene rings is 1. The molecule has 1 aliphatic rings. The first-order chi connectivity index (χ1) is 8.81. The smallest absolute Gasteiger partial charge is 0.126 e. The Morgan fingerprint density at radius 2 is 2.17 bits per heavy atom. The summed E-state index contributed by atoms with van der Waals surface area (Å²) in [6, 6.07) is 11.9. The number of ether oxygens (including phenoxy) is 1. The van der Waals surface area contributed by atoms with Crippen molar-refractivity contribution in [3.63, 3.8) is 0 Å². The summed E-state index contributed by atoms with van der Waals surface area (Å²) in [5.41, 5.74) is 7.53. The van der Waals surface area contributed by atoms with Gasteiger partial charge < -0.3 is 15.8 Å². The van der Waals surface area contributed by atoms with Gasteiger partial charge >= 0.3 is 0 Å². The van der Waals surface area contributed by atoms with Crippen molar-refractivity contribution in [1.29, 1.82) is 0 Å². The zero-order chi connectivity index (χ0) is 12.4. The molecule has 18 heavy (non-hydrogen) atoms. The summed E-state index contributed by atoms with van der Waals surface area (Å²) in [4.78, 5) is 4.20. The quantitative estimate of drug-likeness (QED) is 0.863. The first kappa shape index (κ1) is 10.9. The minimum absolute atomic E-state index is 0.168. The van der Waals surface area contributed by atoms with Crippen molar-refractivity contribution in [2.75, 3.05) is 17.6 Å². The van der Waals surface area contributed by atoms with Crippen LogP contribution >= 0.6 is 0 Å². The molecule has 4 heteroatoms. The van der Waals surface area contributed by atoms with E-state index in [1.807, 2.05) is 30.3 Å². The third kappa shape index (κ3) is 2.22. The van der Waals surface area contributed by atoms with Gasteiger partial charge in [0.1, 0.15) is 17.7 Å². The molecule has 1 aromatic heterocycles. The largest absolute Gasteiger partial charge is 0.488 e. The van der Waals surface area contributed by atoms with Crippen molar-refractivity contribution in [2.45, 2.75) is 12.5 Å². The van der Waals surface area contributed by atoms with Gasteiger partial charge in [0, 0.05) is 6.42 Å². The topological polar surface area (TPSA) is 60.2 Å². The molecule has 0 aliphatic carbocycles. The Kier molecular flexibility index (Phi) is 2.76. The van der Waals surface area contributed by atoms with Crippen molar-refractivity contribution >= 4 is 11.5 Å². The Morgan fingerprint density at radius 3 is 2.94 bits per heavy atom. The lowest BCUT2D eigenvalue weighted by atomic mass is 10.1. The van der Waals surface area contributed by atoms with Crippen molar-refractivity contribution in [2.24, 2.45) is 0 Å². The number of nitrogens with zero attached hydrogens (tertiary/aromatic N) is 1. The molecule has 2 aromatic rings. The summed E-state index contributed by atoms with van der Waals surface area (Å²) in [7, 11) is 0. The van der Waals surface area contributed by atoms with E-state index in [-0.39, 0.29) is 6.10 Å². The summed E-state index contributed by atoms with van der Waals surface area (Å²) in [5.74, 6) is 1.82. The van der Waals surface area contributed by atoms with Gasteiger partial charge in [0.05, 0.1) is 18.4 Å². The van der Waals surface area contributed by atoms with E-state index in [9.17, 15) is 0 Å². The number of rotatable bonds is 3. The van der Waals surface area contributed by atoms with Crippen LogP contribution in [0.1, 0.15) is 5.56 Å². The highest BCUT2D eigenvalue weighted by Crippen LogP contribution is 2.28. The molecule has 0 radical (unpaired) electrons. The fourth-order valence-corrected chi connectivity index (χ4v) is 2.10. The van der Waals surface area contributed by atoms with Crippen LogP contribution in [-0.2, 0) is 6.42 Å². The van der Waals surface area contributed by atoms with Gasteiger partial charge in [0.15, 0.2) is 0 Å². The number of fused-ring (bicyclic) bond motifs is 1. The van der Waals surface area contributed by atoms with E-state index in [0.717, 1.165) is 24.5 Å². The van der Waals surface area contributed by atoms with E-state index in [1.54, 1.807) is 6.20 Å². The maximum atomic E-state index is 5.84. The van der Waals surface area contributed by atoms with Crippen LogP contribution in [0, 0.1) is 0 Å². The van der Waals surface area contributed by atoms with E-state index in [4.69, 9.17) is 10.5 Å². The lowest BCUT2D eigenvalue weighted by Crippen LogP contribution is -2.24. The predicted molar refractivity (Wildman–Crippen MR) is 71.7 cm³/mol. The number of anilines is 2. The zero-order valence-corrected chi connectivity index (χ0v) is 9.97. The van der Waals surface area contributed by atoms with Crippen LogP contribution in [0.4, 0.5) is 11.5 Å². The molecular weight excluding hydrogens is 226 g/mol. The van der Waals surface area contributed by atoms with Crippen molar-refractivity contribution in [1.82, 2.24) is 4.98 Å². The van der Waals surface area contributed by atoms with Crippen LogP contribution in [0.15, 0.2) is 42.6 Å². The first-order valence-electron chi connectivity index (χ1n) is 6.01. The van der Waals surface area contributed by atoms with Crippen LogP contribution in [0.5, 0.6) is 5.75 Å². The molecule has 3 N–H and O–H groups in total.